The fraction of sp³-hybridized carbons (Fsp3) is 0.357. The average molecular weight is 327 g/mol. The predicted octanol–water partition coefficient (Wildman–Crippen LogP) is 4.41. The van der Waals surface area contributed by atoms with Crippen LogP contribution in [0.5, 0.6) is 11.8 Å². The van der Waals surface area contributed by atoms with Gasteiger partial charge in [-0.15, -0.1) is 0 Å². The van der Waals surface area contributed by atoms with Gasteiger partial charge in [0.25, 0.3) is 0 Å². The quantitative estimate of drug-likeness (QED) is 0.881. The first-order valence-electron chi connectivity index (χ1n) is 6.59. The second kappa shape index (κ2) is 6.91. The number of hydrogen-bond donors (Lipinski definition) is 1. The van der Waals surface area contributed by atoms with Gasteiger partial charge in [-0.05, 0) is 55.1 Å². The molecule has 0 aliphatic heterocycles. The lowest BCUT2D eigenvalue weighted by Gasteiger charge is -2.09. The third-order valence-electron chi connectivity index (χ3n) is 2.74. The summed E-state index contributed by atoms with van der Waals surface area (Å²) in [6.07, 6.45) is 0.953. The number of nitrogens with one attached hydrogen (secondary N) is 1. The van der Waals surface area contributed by atoms with Gasteiger partial charge in [-0.25, -0.2) is 0 Å². The van der Waals surface area contributed by atoms with Gasteiger partial charge in [-0.3, -0.25) is 0 Å². The molecule has 0 radical (unpaired) electrons. The van der Waals surface area contributed by atoms with E-state index in [1.165, 1.54) is 0 Å². The van der Waals surface area contributed by atoms with E-state index in [1.54, 1.807) is 0 Å². The van der Waals surface area contributed by atoms with Crippen LogP contribution in [0.4, 0.5) is 5.95 Å². The number of aromatic nitrogens is 3. The molecule has 0 aliphatic rings. The molecule has 5 nitrogen and oxygen atoms in total. The Morgan fingerprint density at radius 2 is 1.76 bits per heavy atom. The summed E-state index contributed by atoms with van der Waals surface area (Å²) in [6, 6.07) is 3.80. The van der Waals surface area contributed by atoms with E-state index >= 15 is 0 Å². The third-order valence-corrected chi connectivity index (χ3v) is 3.51. The lowest BCUT2D eigenvalue weighted by Crippen LogP contribution is -2.06. The zero-order valence-electron chi connectivity index (χ0n) is 12.1. The van der Waals surface area contributed by atoms with Gasteiger partial charge in [-0.2, -0.15) is 15.0 Å². The fourth-order valence-electron chi connectivity index (χ4n) is 1.76. The first kappa shape index (κ1) is 15.8. The lowest BCUT2D eigenvalue weighted by atomic mass is 10.1. The maximum atomic E-state index is 6.13. The minimum atomic E-state index is 0.0843. The Morgan fingerprint density at radius 1 is 1.10 bits per heavy atom. The molecule has 1 aromatic heterocycles. The number of halogens is 2. The number of rotatable bonds is 5. The van der Waals surface area contributed by atoms with Gasteiger partial charge in [0.15, 0.2) is 0 Å². The number of anilines is 1. The molecular formula is C14H16Cl2N4O. The summed E-state index contributed by atoms with van der Waals surface area (Å²) in [5.41, 5.74) is 1.85. The first-order chi connectivity index (χ1) is 9.99. The van der Waals surface area contributed by atoms with Crippen LogP contribution in [0.25, 0.3) is 0 Å². The Kier molecular flexibility index (Phi) is 5.20. The SMILES string of the molecule is CCCNc1nc(Cl)nc(Oc2cc(C)c(Cl)c(C)c2)n1. The highest BCUT2D eigenvalue weighted by atomic mass is 35.5. The van der Waals surface area contributed by atoms with Crippen molar-refractivity contribution in [1.82, 2.24) is 15.0 Å². The molecule has 112 valence electrons. The zero-order chi connectivity index (χ0) is 15.4. The van der Waals surface area contributed by atoms with Crippen LogP contribution in [0.2, 0.25) is 10.3 Å². The van der Waals surface area contributed by atoms with Crippen molar-refractivity contribution in [2.45, 2.75) is 27.2 Å². The van der Waals surface area contributed by atoms with E-state index in [9.17, 15) is 0 Å². The van der Waals surface area contributed by atoms with Crippen molar-refractivity contribution in [3.8, 4) is 11.8 Å². The van der Waals surface area contributed by atoms with Gasteiger partial charge < -0.3 is 10.1 Å². The average Bonchev–Trinajstić information content (AvgIpc) is 2.42. The Hall–Kier alpha value is -1.59. The summed E-state index contributed by atoms with van der Waals surface area (Å²) < 4.78 is 5.65. The minimum Gasteiger partial charge on any atom is -0.424 e. The molecule has 0 atom stereocenters. The highest BCUT2D eigenvalue weighted by Gasteiger charge is 2.09. The van der Waals surface area contributed by atoms with E-state index in [4.69, 9.17) is 27.9 Å². The van der Waals surface area contributed by atoms with E-state index in [1.807, 2.05) is 32.9 Å². The standard InChI is InChI=1S/C14H16Cl2N4O/c1-4-5-17-13-18-12(16)19-14(20-13)21-10-6-8(2)11(15)9(3)7-10/h6-7H,4-5H2,1-3H3,(H,17,18,19,20). The van der Waals surface area contributed by atoms with Crippen molar-refractivity contribution in [3.05, 3.63) is 33.6 Å². The van der Waals surface area contributed by atoms with Crippen LogP contribution in [0.1, 0.15) is 24.5 Å². The molecule has 0 spiro atoms. The molecule has 7 heteroatoms. The van der Waals surface area contributed by atoms with Crippen molar-refractivity contribution in [3.63, 3.8) is 0 Å². The lowest BCUT2D eigenvalue weighted by molar-refractivity contribution is 0.439. The number of nitrogens with zero attached hydrogens (tertiary/aromatic N) is 3. The van der Waals surface area contributed by atoms with Crippen molar-refractivity contribution < 1.29 is 4.74 Å². The van der Waals surface area contributed by atoms with Crippen molar-refractivity contribution in [2.75, 3.05) is 11.9 Å². The third kappa shape index (κ3) is 4.19. The molecular weight excluding hydrogens is 311 g/mol. The summed E-state index contributed by atoms with van der Waals surface area (Å²) in [4.78, 5) is 12.1. The van der Waals surface area contributed by atoms with Crippen molar-refractivity contribution in [2.24, 2.45) is 0 Å². The van der Waals surface area contributed by atoms with Crippen LogP contribution in [-0.2, 0) is 0 Å². The van der Waals surface area contributed by atoms with Gasteiger partial charge in [0.1, 0.15) is 5.75 Å². The second-order valence-corrected chi connectivity index (χ2v) is 5.33. The number of ether oxygens (including phenoxy) is 1. The van der Waals surface area contributed by atoms with Gasteiger partial charge in [0.05, 0.1) is 0 Å². The molecule has 0 aliphatic carbocycles. The normalized spacial score (nSPS) is 10.5. The minimum absolute atomic E-state index is 0.0843. The van der Waals surface area contributed by atoms with Gasteiger partial charge in [0, 0.05) is 11.6 Å². The highest BCUT2D eigenvalue weighted by molar-refractivity contribution is 6.32. The maximum absolute atomic E-state index is 6.13. The molecule has 0 amide bonds. The summed E-state index contributed by atoms with van der Waals surface area (Å²) in [6.45, 7) is 6.62. The predicted molar refractivity (Wildman–Crippen MR) is 84.6 cm³/mol. The van der Waals surface area contributed by atoms with Gasteiger partial charge >= 0.3 is 6.01 Å². The molecule has 2 aromatic rings. The molecule has 1 N–H and O–H groups in total. The van der Waals surface area contributed by atoms with E-state index in [2.05, 4.69) is 20.3 Å². The molecule has 0 saturated heterocycles. The molecule has 21 heavy (non-hydrogen) atoms. The molecule has 0 saturated carbocycles. The zero-order valence-corrected chi connectivity index (χ0v) is 13.6. The molecule has 1 heterocycles. The van der Waals surface area contributed by atoms with Crippen LogP contribution in [0.3, 0.4) is 0 Å². The van der Waals surface area contributed by atoms with Crippen LogP contribution in [0, 0.1) is 13.8 Å². The smallest absolute Gasteiger partial charge is 0.328 e. The first-order valence-corrected chi connectivity index (χ1v) is 7.35. The second-order valence-electron chi connectivity index (χ2n) is 4.61. The Bertz CT molecular complexity index is 626. The Balaban J connectivity index is 2.24. The van der Waals surface area contributed by atoms with Crippen LogP contribution in [0.15, 0.2) is 12.1 Å². The largest absolute Gasteiger partial charge is 0.424 e. The van der Waals surface area contributed by atoms with Crippen molar-refractivity contribution in [1.29, 1.82) is 0 Å². The number of aryl methyl sites for hydroxylation is 2. The molecule has 0 fully saturated rings. The molecule has 0 unspecified atom stereocenters. The number of hydrogen-bond acceptors (Lipinski definition) is 5. The van der Waals surface area contributed by atoms with E-state index in [-0.39, 0.29) is 11.3 Å². The fourth-order valence-corrected chi connectivity index (χ4v) is 2.03. The van der Waals surface area contributed by atoms with Crippen molar-refractivity contribution >= 4 is 29.2 Å². The Labute approximate surface area is 133 Å². The molecule has 1 aromatic carbocycles. The monoisotopic (exact) mass is 326 g/mol. The summed E-state index contributed by atoms with van der Waals surface area (Å²) in [5.74, 6) is 1.01. The maximum Gasteiger partial charge on any atom is 0.328 e. The topological polar surface area (TPSA) is 59.9 Å². The highest BCUT2D eigenvalue weighted by Crippen LogP contribution is 2.28. The van der Waals surface area contributed by atoms with Gasteiger partial charge in [0.2, 0.25) is 11.2 Å². The van der Waals surface area contributed by atoms with Crippen LogP contribution >= 0.6 is 23.2 Å². The molecule has 0 bridgehead atoms. The van der Waals surface area contributed by atoms with E-state index in [0.717, 1.165) is 29.1 Å². The molecule has 2 rings (SSSR count). The van der Waals surface area contributed by atoms with Crippen LogP contribution in [-0.4, -0.2) is 21.5 Å². The van der Waals surface area contributed by atoms with E-state index < -0.39 is 0 Å². The summed E-state index contributed by atoms with van der Waals surface area (Å²) >= 11 is 12.0. The summed E-state index contributed by atoms with van der Waals surface area (Å²) in [7, 11) is 0. The van der Waals surface area contributed by atoms with E-state index in [0.29, 0.717) is 11.7 Å². The van der Waals surface area contributed by atoms with Gasteiger partial charge in [-0.1, -0.05) is 18.5 Å². The summed E-state index contributed by atoms with van der Waals surface area (Å²) in [5, 5.41) is 3.85. The number of benzene rings is 1. The van der Waals surface area contributed by atoms with Crippen LogP contribution < -0.4 is 10.1 Å². The Morgan fingerprint density at radius 3 is 2.38 bits per heavy atom.